The van der Waals surface area contributed by atoms with E-state index in [-0.39, 0.29) is 20.9 Å². The van der Waals surface area contributed by atoms with Crippen molar-refractivity contribution < 1.29 is 4.79 Å². The number of benzene rings is 3. The molecule has 1 aliphatic heterocycles. The molecule has 0 atom stereocenters. The van der Waals surface area contributed by atoms with Crippen LogP contribution in [-0.2, 0) is 11.2 Å². The topological polar surface area (TPSA) is 44.7 Å². The number of carbonyl (C=O) groups is 1. The average Bonchev–Trinajstić information content (AvgIpc) is 2.70. The number of hydrazine groups is 1. The summed E-state index contributed by atoms with van der Waals surface area (Å²) in [6.45, 7) is 2.10. The molecule has 0 bridgehead atoms. The number of para-hydroxylation sites is 1. The van der Waals surface area contributed by atoms with Gasteiger partial charge in [-0.2, -0.15) is 0 Å². The minimum atomic E-state index is 0.00564. The van der Waals surface area contributed by atoms with E-state index in [4.69, 9.17) is 4.99 Å². The van der Waals surface area contributed by atoms with E-state index in [0.717, 1.165) is 33.5 Å². The summed E-state index contributed by atoms with van der Waals surface area (Å²) in [6, 6.07) is 22.4. The predicted molar refractivity (Wildman–Crippen MR) is 108 cm³/mol. The number of hydrogen-bond donors (Lipinski definition) is 1. The van der Waals surface area contributed by atoms with Crippen molar-refractivity contribution in [2.24, 2.45) is 4.99 Å². The molecule has 0 aromatic heterocycles. The summed E-state index contributed by atoms with van der Waals surface area (Å²) in [7, 11) is 0. The van der Waals surface area contributed by atoms with Crippen LogP contribution in [-0.4, -0.2) is 25.6 Å². The van der Waals surface area contributed by atoms with Crippen LogP contribution in [0.4, 0.5) is 11.4 Å². The Morgan fingerprint density at radius 1 is 1.04 bits per heavy atom. The molecule has 1 amide bonds. The van der Waals surface area contributed by atoms with Crippen LogP contribution in [0.3, 0.4) is 0 Å². The van der Waals surface area contributed by atoms with E-state index in [1.165, 1.54) is 5.39 Å². The van der Waals surface area contributed by atoms with Gasteiger partial charge in [-0.3, -0.25) is 0 Å². The second-order valence-corrected chi connectivity index (χ2v) is 8.05. The predicted octanol–water partition coefficient (Wildman–Crippen LogP) is 4.06. The zero-order chi connectivity index (χ0) is 17.9. The second-order valence-electron chi connectivity index (χ2n) is 6.03. The maximum atomic E-state index is 12.5. The minimum absolute atomic E-state index is 0.00564. The maximum absolute atomic E-state index is 12.5. The molecule has 5 heteroatoms. The van der Waals surface area contributed by atoms with Gasteiger partial charge < -0.3 is 0 Å². The zero-order valence-electron chi connectivity index (χ0n) is 14.5. The first-order valence-corrected chi connectivity index (χ1v) is 10.7. The zero-order valence-corrected chi connectivity index (χ0v) is 16.2. The molecule has 1 saturated heterocycles. The number of carbonyl (C=O) groups excluding carboxylic acids is 1. The van der Waals surface area contributed by atoms with Gasteiger partial charge in [0.25, 0.3) is 0 Å². The van der Waals surface area contributed by atoms with Gasteiger partial charge in [-0.1, -0.05) is 0 Å². The van der Waals surface area contributed by atoms with Crippen molar-refractivity contribution in [3.63, 3.8) is 0 Å². The molecule has 0 spiro atoms. The Labute approximate surface area is 159 Å². The summed E-state index contributed by atoms with van der Waals surface area (Å²) in [6.07, 6.45) is 0.878. The fourth-order valence-corrected chi connectivity index (χ4v) is 4.57. The Kier molecular flexibility index (Phi) is 4.74. The molecule has 0 unspecified atom stereocenters. The normalized spacial score (nSPS) is 16.1. The van der Waals surface area contributed by atoms with E-state index in [0.29, 0.717) is 5.32 Å². The van der Waals surface area contributed by atoms with Crippen molar-refractivity contribution >= 4 is 47.7 Å². The number of hydrogen-bond acceptors (Lipinski definition) is 2. The van der Waals surface area contributed by atoms with E-state index in [1.54, 1.807) is 5.01 Å². The van der Waals surface area contributed by atoms with E-state index >= 15 is 0 Å². The van der Waals surface area contributed by atoms with Crippen LogP contribution < -0.4 is 10.4 Å². The number of nitrogens with one attached hydrogen (secondary N) is 1. The quantitative estimate of drug-likeness (QED) is 0.665. The summed E-state index contributed by atoms with van der Waals surface area (Å²) in [5.74, 6) is 0.0998. The monoisotopic (exact) mass is 409 g/mol. The van der Waals surface area contributed by atoms with Gasteiger partial charge in [-0.25, -0.2) is 0 Å². The van der Waals surface area contributed by atoms with E-state index in [9.17, 15) is 4.79 Å². The summed E-state index contributed by atoms with van der Waals surface area (Å²) in [5, 5.41) is 4.47. The molecule has 3 aromatic carbocycles. The molecule has 26 heavy (non-hydrogen) atoms. The molecule has 3 aromatic rings. The number of aliphatic imine (C=N–C) groups is 1. The molecule has 130 valence electrons. The van der Waals surface area contributed by atoms with Gasteiger partial charge in [0.2, 0.25) is 0 Å². The Hall–Kier alpha value is -2.62. The van der Waals surface area contributed by atoms with Crippen LogP contribution in [0.1, 0.15) is 12.5 Å². The number of aryl methyl sites for hydroxylation is 1. The average molecular weight is 408 g/mol. The summed E-state index contributed by atoms with van der Waals surface area (Å²) < 4.78 is 0.874. The first kappa shape index (κ1) is 16.8. The van der Waals surface area contributed by atoms with Gasteiger partial charge >= 0.3 is 159 Å². The Morgan fingerprint density at radius 2 is 1.81 bits per heavy atom. The Morgan fingerprint density at radius 3 is 2.69 bits per heavy atom. The molecule has 1 N–H and O–H groups in total. The molecule has 1 heterocycles. The SMILES string of the molecule is CCc1ccccc1N1NC(=Nc2cccc3ccccc23)[Se]CC1=O. The summed E-state index contributed by atoms with van der Waals surface area (Å²) >= 11 is 0.00564. The van der Waals surface area contributed by atoms with Crippen LogP contribution in [0.2, 0.25) is 5.32 Å². The van der Waals surface area contributed by atoms with Gasteiger partial charge in [-0.15, -0.1) is 0 Å². The molecular weight excluding hydrogens is 389 g/mol. The number of amidine groups is 1. The van der Waals surface area contributed by atoms with Crippen LogP contribution in [0, 0.1) is 0 Å². The fourth-order valence-electron chi connectivity index (χ4n) is 3.08. The first-order chi connectivity index (χ1) is 12.8. The van der Waals surface area contributed by atoms with Gasteiger partial charge in [0, 0.05) is 0 Å². The molecule has 0 saturated carbocycles. The van der Waals surface area contributed by atoms with Crippen molar-refractivity contribution in [2.75, 3.05) is 5.01 Å². The van der Waals surface area contributed by atoms with Gasteiger partial charge in [0.15, 0.2) is 0 Å². The van der Waals surface area contributed by atoms with Gasteiger partial charge in [0.05, 0.1) is 0 Å². The van der Waals surface area contributed by atoms with Crippen LogP contribution in [0.15, 0.2) is 71.7 Å². The van der Waals surface area contributed by atoms with E-state index in [2.05, 4.69) is 36.6 Å². The van der Waals surface area contributed by atoms with Crippen LogP contribution in [0.25, 0.3) is 10.8 Å². The third kappa shape index (κ3) is 3.24. The number of rotatable bonds is 3. The van der Waals surface area contributed by atoms with Gasteiger partial charge in [0.1, 0.15) is 0 Å². The van der Waals surface area contributed by atoms with Crippen molar-refractivity contribution in [2.45, 2.75) is 18.7 Å². The number of fused-ring (bicyclic) bond motifs is 1. The molecule has 4 rings (SSSR count). The van der Waals surface area contributed by atoms with Gasteiger partial charge in [-0.05, 0) is 0 Å². The summed E-state index contributed by atoms with van der Waals surface area (Å²) in [5.41, 5.74) is 6.27. The fraction of sp³-hybridized carbons (Fsp3) is 0.143. The van der Waals surface area contributed by atoms with Crippen molar-refractivity contribution in [3.05, 3.63) is 72.3 Å². The van der Waals surface area contributed by atoms with E-state index < -0.39 is 0 Å². The number of anilines is 1. The number of amides is 1. The standard InChI is InChI=1S/C21H19N3OSe/c1-2-15-8-4-6-13-19(15)24-20(25)14-26-21(23-24)22-18-12-7-10-16-9-3-5-11-17(16)18/h3-13H,2,14H2,1H3,(H,22,23). The Bertz CT molecular complexity index is 994. The third-order valence-electron chi connectivity index (χ3n) is 4.39. The molecule has 0 radical (unpaired) electrons. The first-order valence-electron chi connectivity index (χ1n) is 8.63. The van der Waals surface area contributed by atoms with Crippen molar-refractivity contribution in [1.82, 2.24) is 5.43 Å². The molecular formula is C21H19N3OSe. The summed E-state index contributed by atoms with van der Waals surface area (Å²) in [4.78, 5) is 17.3. The van der Waals surface area contributed by atoms with Crippen LogP contribution >= 0.6 is 0 Å². The second kappa shape index (κ2) is 7.32. The van der Waals surface area contributed by atoms with E-state index in [1.807, 2.05) is 42.5 Å². The van der Waals surface area contributed by atoms with Crippen molar-refractivity contribution in [1.29, 1.82) is 0 Å². The molecule has 1 aliphatic rings. The molecule has 1 fully saturated rings. The van der Waals surface area contributed by atoms with Crippen LogP contribution in [0.5, 0.6) is 0 Å². The third-order valence-corrected chi connectivity index (χ3v) is 6.17. The molecule has 0 aliphatic carbocycles. The molecule has 4 nitrogen and oxygen atoms in total. The Balaban J connectivity index is 1.70. The van der Waals surface area contributed by atoms with Crippen molar-refractivity contribution in [3.8, 4) is 0 Å². The number of nitrogens with zero attached hydrogens (tertiary/aromatic N) is 2.